The number of hydrogen-bond donors (Lipinski definition) is 1. The van der Waals surface area contributed by atoms with Crippen molar-refractivity contribution < 1.29 is 14.3 Å². The second-order valence-corrected chi connectivity index (χ2v) is 5.79. The first-order valence-corrected chi connectivity index (χ1v) is 8.28. The molecule has 0 aliphatic rings. The largest absolute Gasteiger partial charge is 0.497 e. The molecule has 1 amide bonds. The lowest BCUT2D eigenvalue weighted by atomic mass is 10.1. The third-order valence-corrected chi connectivity index (χ3v) is 4.11. The zero-order valence-electron chi connectivity index (χ0n) is 15.0. The van der Waals surface area contributed by atoms with Crippen LogP contribution in [0.3, 0.4) is 0 Å². The number of carbonyl (C=O) groups excluding carboxylic acids is 1. The van der Waals surface area contributed by atoms with Crippen molar-refractivity contribution in [2.45, 2.75) is 0 Å². The highest BCUT2D eigenvalue weighted by molar-refractivity contribution is 6.10. The van der Waals surface area contributed by atoms with E-state index in [0.717, 1.165) is 10.8 Å². The van der Waals surface area contributed by atoms with Gasteiger partial charge in [-0.15, -0.1) is 0 Å². The van der Waals surface area contributed by atoms with Crippen molar-refractivity contribution >= 4 is 28.4 Å². The number of nitriles is 1. The molecule has 3 rings (SSSR count). The number of hydrogen-bond acceptors (Lipinski definition) is 4. The fourth-order valence-electron chi connectivity index (χ4n) is 2.72. The minimum absolute atomic E-state index is 0.0327. The predicted molar refractivity (Wildman–Crippen MR) is 106 cm³/mol. The molecule has 5 nitrogen and oxygen atoms in total. The van der Waals surface area contributed by atoms with E-state index in [4.69, 9.17) is 9.47 Å². The molecule has 1 N–H and O–H groups in total. The summed E-state index contributed by atoms with van der Waals surface area (Å²) in [5, 5.41) is 14.3. The van der Waals surface area contributed by atoms with Gasteiger partial charge in [-0.05, 0) is 47.2 Å². The molecule has 0 fully saturated rings. The van der Waals surface area contributed by atoms with E-state index < -0.39 is 5.91 Å². The summed E-state index contributed by atoms with van der Waals surface area (Å²) in [6.07, 6.45) is 1.48. The molecule has 5 heteroatoms. The van der Waals surface area contributed by atoms with Crippen LogP contribution in [0.1, 0.15) is 5.56 Å². The Morgan fingerprint density at radius 1 is 1.00 bits per heavy atom. The number of carbonyl (C=O) groups is 1. The van der Waals surface area contributed by atoms with Gasteiger partial charge in [-0.25, -0.2) is 0 Å². The van der Waals surface area contributed by atoms with E-state index >= 15 is 0 Å². The minimum atomic E-state index is -0.488. The molecule has 0 bridgehead atoms. The van der Waals surface area contributed by atoms with E-state index in [1.165, 1.54) is 13.2 Å². The van der Waals surface area contributed by atoms with Gasteiger partial charge in [0.25, 0.3) is 5.91 Å². The number of nitrogens with one attached hydrogen (secondary N) is 1. The summed E-state index contributed by atoms with van der Waals surface area (Å²) in [6, 6.07) is 20.6. The molecule has 134 valence electrons. The number of nitrogens with zero attached hydrogens (tertiary/aromatic N) is 1. The van der Waals surface area contributed by atoms with Gasteiger partial charge in [-0.2, -0.15) is 5.26 Å². The van der Waals surface area contributed by atoms with Gasteiger partial charge in [0.2, 0.25) is 0 Å². The second kappa shape index (κ2) is 8.07. The highest BCUT2D eigenvalue weighted by Crippen LogP contribution is 2.26. The van der Waals surface area contributed by atoms with Gasteiger partial charge in [0.15, 0.2) is 0 Å². The Morgan fingerprint density at radius 3 is 2.48 bits per heavy atom. The molecule has 0 aliphatic heterocycles. The Kier molecular flexibility index (Phi) is 5.38. The smallest absolute Gasteiger partial charge is 0.266 e. The number of amides is 1. The van der Waals surface area contributed by atoms with Crippen molar-refractivity contribution in [1.82, 2.24) is 0 Å². The number of ether oxygens (including phenoxy) is 2. The molecule has 3 aromatic rings. The van der Waals surface area contributed by atoms with E-state index in [9.17, 15) is 10.1 Å². The van der Waals surface area contributed by atoms with Gasteiger partial charge in [0.05, 0.1) is 14.2 Å². The number of anilines is 1. The lowest BCUT2D eigenvalue weighted by molar-refractivity contribution is -0.112. The van der Waals surface area contributed by atoms with Crippen LogP contribution in [0.5, 0.6) is 11.5 Å². The van der Waals surface area contributed by atoms with Gasteiger partial charge in [0, 0.05) is 11.3 Å². The highest BCUT2D eigenvalue weighted by atomic mass is 16.5. The molecular weight excluding hydrogens is 340 g/mol. The second-order valence-electron chi connectivity index (χ2n) is 5.79. The number of benzene rings is 3. The molecule has 0 spiro atoms. The average Bonchev–Trinajstić information content (AvgIpc) is 2.71. The van der Waals surface area contributed by atoms with Crippen molar-refractivity contribution in [3.05, 3.63) is 71.8 Å². The summed E-state index contributed by atoms with van der Waals surface area (Å²) in [7, 11) is 3.08. The van der Waals surface area contributed by atoms with E-state index in [1.54, 1.807) is 31.4 Å². The summed E-state index contributed by atoms with van der Waals surface area (Å²) in [5.74, 6) is 0.661. The minimum Gasteiger partial charge on any atom is -0.497 e. The summed E-state index contributed by atoms with van der Waals surface area (Å²) < 4.78 is 10.5. The lowest BCUT2D eigenvalue weighted by Crippen LogP contribution is -2.13. The third-order valence-electron chi connectivity index (χ3n) is 4.11. The van der Waals surface area contributed by atoms with Crippen LogP contribution in [0.25, 0.3) is 16.8 Å². The van der Waals surface area contributed by atoms with Gasteiger partial charge in [0.1, 0.15) is 23.1 Å². The zero-order valence-corrected chi connectivity index (χ0v) is 15.0. The monoisotopic (exact) mass is 358 g/mol. The molecule has 27 heavy (non-hydrogen) atoms. The van der Waals surface area contributed by atoms with Crippen molar-refractivity contribution in [1.29, 1.82) is 5.26 Å². The summed E-state index contributed by atoms with van der Waals surface area (Å²) in [4.78, 5) is 12.6. The third kappa shape index (κ3) is 4.07. The quantitative estimate of drug-likeness (QED) is 0.542. The molecule has 0 atom stereocenters. The van der Waals surface area contributed by atoms with E-state index in [1.807, 2.05) is 42.5 Å². The molecular formula is C22H18N2O3. The zero-order chi connectivity index (χ0) is 19.2. The molecule has 0 saturated heterocycles. The van der Waals surface area contributed by atoms with E-state index in [-0.39, 0.29) is 5.57 Å². The maximum Gasteiger partial charge on any atom is 0.266 e. The van der Waals surface area contributed by atoms with Crippen LogP contribution in [-0.4, -0.2) is 20.1 Å². The molecule has 0 unspecified atom stereocenters. The topological polar surface area (TPSA) is 71.3 Å². The summed E-state index contributed by atoms with van der Waals surface area (Å²) >= 11 is 0. The lowest BCUT2D eigenvalue weighted by Gasteiger charge is -2.09. The van der Waals surface area contributed by atoms with Crippen LogP contribution in [-0.2, 0) is 4.79 Å². The molecule has 0 aromatic heterocycles. The maximum atomic E-state index is 12.6. The fourth-order valence-corrected chi connectivity index (χ4v) is 2.72. The predicted octanol–water partition coefficient (Wildman–Crippen LogP) is 4.40. The van der Waals surface area contributed by atoms with Crippen molar-refractivity contribution in [2.75, 3.05) is 19.5 Å². The van der Waals surface area contributed by atoms with Crippen molar-refractivity contribution in [3.63, 3.8) is 0 Å². The Bertz CT molecular complexity index is 1060. The van der Waals surface area contributed by atoms with E-state index in [2.05, 4.69) is 5.32 Å². The van der Waals surface area contributed by atoms with Crippen molar-refractivity contribution in [3.8, 4) is 17.6 Å². The van der Waals surface area contributed by atoms with Crippen LogP contribution in [0.15, 0.2) is 66.2 Å². The van der Waals surface area contributed by atoms with Crippen molar-refractivity contribution in [2.24, 2.45) is 0 Å². The highest BCUT2D eigenvalue weighted by Gasteiger charge is 2.12. The number of fused-ring (bicyclic) bond motifs is 1. The Hall–Kier alpha value is -3.78. The van der Waals surface area contributed by atoms with Crippen LogP contribution in [0.2, 0.25) is 0 Å². The standard InChI is InChI=1S/C22H18N2O3/c1-26-20-9-10-21(27-2)17(13-20)11-18(14-23)22(25)24-19-8-7-15-5-3-4-6-16(15)12-19/h3-13H,1-2H3,(H,24,25)/b18-11+. The van der Waals surface area contributed by atoms with Gasteiger partial charge < -0.3 is 14.8 Å². The molecule has 0 aliphatic carbocycles. The van der Waals surface area contributed by atoms with Crippen LogP contribution in [0.4, 0.5) is 5.69 Å². The normalized spacial score (nSPS) is 10.9. The maximum absolute atomic E-state index is 12.6. The van der Waals surface area contributed by atoms with Crippen LogP contribution in [0, 0.1) is 11.3 Å². The SMILES string of the molecule is COc1ccc(OC)c(/C=C(\C#N)C(=O)Nc2ccc3ccccc3c2)c1. The van der Waals surface area contributed by atoms with Crippen LogP contribution < -0.4 is 14.8 Å². The first-order chi connectivity index (χ1) is 13.1. The number of methoxy groups -OCH3 is 2. The Balaban J connectivity index is 1.89. The van der Waals surface area contributed by atoms with E-state index in [0.29, 0.717) is 22.7 Å². The Morgan fingerprint density at radius 2 is 1.78 bits per heavy atom. The number of rotatable bonds is 5. The molecule has 0 saturated carbocycles. The molecule has 0 heterocycles. The summed E-state index contributed by atoms with van der Waals surface area (Å²) in [6.45, 7) is 0. The van der Waals surface area contributed by atoms with Crippen LogP contribution >= 0.6 is 0 Å². The Labute approximate surface area is 157 Å². The molecule has 3 aromatic carbocycles. The first-order valence-electron chi connectivity index (χ1n) is 8.28. The first kappa shape index (κ1) is 18.0. The molecule has 0 radical (unpaired) electrons. The van der Waals surface area contributed by atoms with Gasteiger partial charge in [-0.3, -0.25) is 4.79 Å². The fraction of sp³-hybridized carbons (Fsp3) is 0.0909. The average molecular weight is 358 g/mol. The summed E-state index contributed by atoms with van der Waals surface area (Å²) in [5.41, 5.74) is 1.18. The van der Waals surface area contributed by atoms with Gasteiger partial charge in [-0.1, -0.05) is 30.3 Å². The van der Waals surface area contributed by atoms with Gasteiger partial charge >= 0.3 is 0 Å².